The van der Waals surface area contributed by atoms with Gasteiger partial charge in [-0.15, -0.1) is 11.8 Å². The molecule has 18 heavy (non-hydrogen) atoms. The largest absolute Gasteiger partial charge is 0.409 e. The summed E-state index contributed by atoms with van der Waals surface area (Å²) in [4.78, 5) is 11.0. The van der Waals surface area contributed by atoms with Crippen LogP contribution in [0.1, 0.15) is 25.8 Å². The molecule has 7 heteroatoms. The minimum absolute atomic E-state index is 0.0786. The fourth-order valence-electron chi connectivity index (χ4n) is 1.29. The summed E-state index contributed by atoms with van der Waals surface area (Å²) in [6, 6.07) is 4.36. The first-order valence-electron chi connectivity index (χ1n) is 5.42. The molecule has 1 aromatic rings. The van der Waals surface area contributed by atoms with E-state index in [4.69, 9.17) is 10.9 Å². The Bertz CT molecular complexity index is 477. The molecule has 0 aliphatic heterocycles. The summed E-state index contributed by atoms with van der Waals surface area (Å²) >= 11 is 1.54. The zero-order valence-corrected chi connectivity index (χ0v) is 11.0. The fraction of sp³-hybridized carbons (Fsp3) is 0.364. The Hall–Kier alpha value is -1.76. The number of rotatable bonds is 5. The number of nitro benzene ring substituents is 1. The zero-order chi connectivity index (χ0) is 13.7. The highest BCUT2D eigenvalue weighted by atomic mass is 32.2. The maximum atomic E-state index is 10.7. The van der Waals surface area contributed by atoms with Gasteiger partial charge in [0.15, 0.2) is 5.84 Å². The van der Waals surface area contributed by atoms with E-state index in [9.17, 15) is 10.1 Å². The number of nitrogens with two attached hydrogens (primary N) is 1. The molecule has 1 atom stereocenters. The maximum Gasteiger partial charge on any atom is 0.270 e. The molecule has 0 aliphatic carbocycles. The lowest BCUT2D eigenvalue weighted by Crippen LogP contribution is -2.15. The van der Waals surface area contributed by atoms with Crippen molar-refractivity contribution in [1.29, 1.82) is 0 Å². The Morgan fingerprint density at radius 1 is 1.67 bits per heavy atom. The van der Waals surface area contributed by atoms with E-state index in [0.29, 0.717) is 10.8 Å². The number of hydrogen-bond donors (Lipinski definition) is 2. The van der Waals surface area contributed by atoms with Gasteiger partial charge in [-0.05, 0) is 12.5 Å². The van der Waals surface area contributed by atoms with Crippen molar-refractivity contribution in [3.63, 3.8) is 0 Å². The van der Waals surface area contributed by atoms with Crippen LogP contribution in [0.15, 0.2) is 28.3 Å². The number of non-ortho nitro benzene ring substituents is 1. The van der Waals surface area contributed by atoms with E-state index in [1.807, 2.05) is 13.8 Å². The van der Waals surface area contributed by atoms with Crippen LogP contribution in [0.4, 0.5) is 5.69 Å². The van der Waals surface area contributed by atoms with Crippen molar-refractivity contribution in [2.75, 3.05) is 0 Å². The van der Waals surface area contributed by atoms with Crippen LogP contribution in [0.25, 0.3) is 0 Å². The predicted octanol–water partition coefficient (Wildman–Crippen LogP) is 2.58. The van der Waals surface area contributed by atoms with E-state index in [-0.39, 0.29) is 11.5 Å². The summed E-state index contributed by atoms with van der Waals surface area (Å²) in [5.74, 6) is -0.121. The summed E-state index contributed by atoms with van der Waals surface area (Å²) in [6.07, 6.45) is 0.956. The van der Waals surface area contributed by atoms with Gasteiger partial charge in [0.1, 0.15) is 0 Å². The smallest absolute Gasteiger partial charge is 0.270 e. The van der Waals surface area contributed by atoms with Gasteiger partial charge in [0.25, 0.3) is 5.69 Å². The van der Waals surface area contributed by atoms with Crippen molar-refractivity contribution in [3.8, 4) is 0 Å². The SMILES string of the molecule is CCC(C)Sc1ccc([N+](=O)[O-])cc1C(N)=NO. The molecular weight excluding hydrogens is 254 g/mol. The van der Waals surface area contributed by atoms with E-state index in [1.165, 1.54) is 23.9 Å². The maximum absolute atomic E-state index is 10.7. The van der Waals surface area contributed by atoms with Gasteiger partial charge in [-0.2, -0.15) is 0 Å². The lowest BCUT2D eigenvalue weighted by Gasteiger charge is -2.11. The predicted molar refractivity (Wildman–Crippen MR) is 71.2 cm³/mol. The van der Waals surface area contributed by atoms with Gasteiger partial charge < -0.3 is 10.9 Å². The minimum atomic E-state index is -0.508. The first kappa shape index (κ1) is 14.3. The molecule has 6 nitrogen and oxygen atoms in total. The second kappa shape index (κ2) is 6.25. The molecule has 0 spiro atoms. The summed E-state index contributed by atoms with van der Waals surface area (Å²) in [6.45, 7) is 4.09. The number of oxime groups is 1. The highest BCUT2D eigenvalue weighted by molar-refractivity contribution is 8.00. The second-order valence-electron chi connectivity index (χ2n) is 3.76. The van der Waals surface area contributed by atoms with Crippen molar-refractivity contribution >= 4 is 23.3 Å². The van der Waals surface area contributed by atoms with Gasteiger partial charge in [-0.1, -0.05) is 19.0 Å². The van der Waals surface area contributed by atoms with E-state index >= 15 is 0 Å². The van der Waals surface area contributed by atoms with Crippen LogP contribution < -0.4 is 5.73 Å². The Labute approximate surface area is 109 Å². The van der Waals surface area contributed by atoms with Gasteiger partial charge in [-0.3, -0.25) is 10.1 Å². The topological polar surface area (TPSA) is 102 Å². The van der Waals surface area contributed by atoms with Gasteiger partial charge in [0.2, 0.25) is 0 Å². The van der Waals surface area contributed by atoms with Gasteiger partial charge in [-0.25, -0.2) is 0 Å². The molecule has 0 fully saturated rings. The lowest BCUT2D eigenvalue weighted by atomic mass is 10.2. The molecule has 0 saturated heterocycles. The molecule has 0 aromatic heterocycles. The quantitative estimate of drug-likeness (QED) is 0.213. The summed E-state index contributed by atoms with van der Waals surface area (Å²) in [5, 5.41) is 22.7. The highest BCUT2D eigenvalue weighted by Crippen LogP contribution is 2.30. The zero-order valence-electron chi connectivity index (χ0n) is 10.2. The molecule has 1 unspecified atom stereocenters. The first-order chi connectivity index (χ1) is 8.49. The molecule has 0 aliphatic rings. The molecule has 1 aromatic carbocycles. The molecule has 0 heterocycles. The number of thioether (sulfide) groups is 1. The van der Waals surface area contributed by atoms with E-state index in [1.54, 1.807) is 6.07 Å². The van der Waals surface area contributed by atoms with Crippen molar-refractivity contribution in [2.24, 2.45) is 10.9 Å². The van der Waals surface area contributed by atoms with Crippen LogP contribution in [0.2, 0.25) is 0 Å². The second-order valence-corrected chi connectivity index (χ2v) is 5.24. The van der Waals surface area contributed by atoms with Crippen LogP contribution in [-0.4, -0.2) is 21.2 Å². The van der Waals surface area contributed by atoms with E-state index in [2.05, 4.69) is 5.16 Å². The van der Waals surface area contributed by atoms with Crippen molar-refractivity contribution in [3.05, 3.63) is 33.9 Å². The molecule has 0 amide bonds. The normalized spacial score (nSPS) is 13.3. The van der Waals surface area contributed by atoms with Crippen LogP contribution in [0.5, 0.6) is 0 Å². The third-order valence-electron chi connectivity index (χ3n) is 2.46. The minimum Gasteiger partial charge on any atom is -0.409 e. The third-order valence-corrected chi connectivity index (χ3v) is 3.81. The average molecular weight is 269 g/mol. The fourth-order valence-corrected chi connectivity index (χ4v) is 2.33. The molecule has 98 valence electrons. The van der Waals surface area contributed by atoms with Crippen LogP contribution in [-0.2, 0) is 0 Å². The number of amidine groups is 1. The molecule has 0 radical (unpaired) electrons. The van der Waals surface area contributed by atoms with Crippen molar-refractivity contribution in [1.82, 2.24) is 0 Å². The standard InChI is InChI=1S/C11H15N3O3S/c1-3-7(2)18-10-5-4-8(14(16)17)6-9(10)11(12)13-15/h4-7,15H,3H2,1-2H3,(H2,12,13). The number of nitro groups is 1. The summed E-state index contributed by atoms with van der Waals surface area (Å²) < 4.78 is 0. The Morgan fingerprint density at radius 2 is 2.33 bits per heavy atom. The lowest BCUT2D eigenvalue weighted by molar-refractivity contribution is -0.384. The van der Waals surface area contributed by atoms with Crippen LogP contribution in [0, 0.1) is 10.1 Å². The average Bonchev–Trinajstić information content (AvgIpc) is 2.37. The molecule has 3 N–H and O–H groups in total. The molecular formula is C11H15N3O3S. The van der Waals surface area contributed by atoms with Crippen LogP contribution >= 0.6 is 11.8 Å². The Kier molecular flexibility index (Phi) is 4.96. The van der Waals surface area contributed by atoms with Crippen molar-refractivity contribution < 1.29 is 10.1 Å². The summed E-state index contributed by atoms with van der Waals surface area (Å²) in [7, 11) is 0. The number of nitrogens with zero attached hydrogens (tertiary/aromatic N) is 2. The first-order valence-corrected chi connectivity index (χ1v) is 6.30. The summed E-state index contributed by atoms with van der Waals surface area (Å²) in [5.41, 5.74) is 5.85. The van der Waals surface area contributed by atoms with Crippen LogP contribution in [0.3, 0.4) is 0 Å². The van der Waals surface area contributed by atoms with Gasteiger partial charge >= 0.3 is 0 Å². The number of benzene rings is 1. The Morgan fingerprint density at radius 3 is 2.83 bits per heavy atom. The van der Waals surface area contributed by atoms with Crippen molar-refractivity contribution in [2.45, 2.75) is 30.4 Å². The monoisotopic (exact) mass is 269 g/mol. The van der Waals surface area contributed by atoms with E-state index in [0.717, 1.165) is 11.3 Å². The molecule has 1 rings (SSSR count). The molecule has 0 bridgehead atoms. The van der Waals surface area contributed by atoms with E-state index < -0.39 is 4.92 Å². The Balaban J connectivity index is 3.21. The number of hydrogen-bond acceptors (Lipinski definition) is 5. The molecule has 0 saturated carbocycles. The van der Waals surface area contributed by atoms with Gasteiger partial charge in [0, 0.05) is 27.8 Å². The third kappa shape index (κ3) is 3.36. The van der Waals surface area contributed by atoms with Gasteiger partial charge in [0.05, 0.1) is 4.92 Å². The highest BCUT2D eigenvalue weighted by Gasteiger charge is 2.15.